The fourth-order valence-electron chi connectivity index (χ4n) is 5.83. The van der Waals surface area contributed by atoms with Crippen LogP contribution < -0.4 is 19.7 Å². The minimum atomic E-state index is -1.03. The minimum absolute atomic E-state index is 0.0295. The molecule has 3 N–H and O–H groups in total. The van der Waals surface area contributed by atoms with Gasteiger partial charge in [0, 0.05) is 42.9 Å². The summed E-state index contributed by atoms with van der Waals surface area (Å²) in [4.78, 5) is 42.3. The van der Waals surface area contributed by atoms with Gasteiger partial charge in [0.15, 0.2) is 11.9 Å². The number of ketones is 1. The van der Waals surface area contributed by atoms with Crippen LogP contribution in [0.5, 0.6) is 11.5 Å². The molecule has 0 spiro atoms. The number of nitrogens with zero attached hydrogens (tertiary/aromatic N) is 2. The molecule has 0 saturated carbocycles. The van der Waals surface area contributed by atoms with E-state index in [2.05, 4.69) is 17.1 Å². The third-order valence-electron chi connectivity index (χ3n) is 8.21. The van der Waals surface area contributed by atoms with E-state index in [0.29, 0.717) is 47.8 Å². The second-order valence-corrected chi connectivity index (χ2v) is 12.3. The first kappa shape index (κ1) is 31.8. The number of rotatable bonds is 11. The number of carbonyl (C=O) groups is 3. The van der Waals surface area contributed by atoms with E-state index in [9.17, 15) is 19.5 Å². The Balaban J connectivity index is 1.72. The van der Waals surface area contributed by atoms with Crippen LogP contribution in [0.15, 0.2) is 24.3 Å². The largest absolute Gasteiger partial charge is 0.493 e. The van der Waals surface area contributed by atoms with Gasteiger partial charge in [0.05, 0.1) is 24.4 Å². The molecule has 2 unspecified atom stereocenters. The summed E-state index contributed by atoms with van der Waals surface area (Å²) in [6.07, 6.45) is 1.27. The van der Waals surface area contributed by atoms with Gasteiger partial charge >= 0.3 is 5.97 Å². The highest BCUT2D eigenvalue weighted by Gasteiger charge is 2.34. The predicted molar refractivity (Wildman–Crippen MR) is 166 cm³/mol. The molecule has 0 bridgehead atoms. The number of carboxylic acid groups (broad SMARTS) is 1. The normalized spacial score (nSPS) is 17.1. The SMILES string of the molecule is CCOc1cc2c(cc1C(=O)NC)C(=N)N(CC(=O)c1cc(N3CCCC3C)c(OC(CC)C(=O)O)c(C(C)(C)C)c1)C2. The number of carbonyl (C=O) groups excluding carboxylic acids is 2. The minimum Gasteiger partial charge on any atom is -0.493 e. The Kier molecular flexibility index (Phi) is 9.37. The summed E-state index contributed by atoms with van der Waals surface area (Å²) >= 11 is 0. The lowest BCUT2D eigenvalue weighted by molar-refractivity contribution is -0.145. The summed E-state index contributed by atoms with van der Waals surface area (Å²) in [6, 6.07) is 7.30. The Bertz CT molecular complexity index is 1430. The van der Waals surface area contributed by atoms with Gasteiger partial charge in [0.1, 0.15) is 17.3 Å². The maximum atomic E-state index is 13.9. The van der Waals surface area contributed by atoms with Crippen molar-refractivity contribution < 1.29 is 29.0 Å². The molecule has 0 aliphatic carbocycles. The molecule has 2 aromatic rings. The molecule has 4 rings (SSSR count). The van der Waals surface area contributed by atoms with Crippen molar-refractivity contribution in [2.24, 2.45) is 0 Å². The topological polar surface area (TPSA) is 132 Å². The van der Waals surface area contributed by atoms with Crippen molar-refractivity contribution in [3.8, 4) is 11.5 Å². The first-order valence-corrected chi connectivity index (χ1v) is 15.0. The molecule has 10 heteroatoms. The lowest BCUT2D eigenvalue weighted by Gasteiger charge is -2.32. The first-order chi connectivity index (χ1) is 20.3. The quantitative estimate of drug-likeness (QED) is 0.311. The van der Waals surface area contributed by atoms with Crippen molar-refractivity contribution in [3.05, 3.63) is 52.1 Å². The Morgan fingerprint density at radius 1 is 1.16 bits per heavy atom. The van der Waals surface area contributed by atoms with Gasteiger partial charge in [-0.15, -0.1) is 0 Å². The van der Waals surface area contributed by atoms with Gasteiger partial charge < -0.3 is 29.7 Å². The predicted octanol–water partition coefficient (Wildman–Crippen LogP) is 5.00. The molecule has 2 aromatic carbocycles. The summed E-state index contributed by atoms with van der Waals surface area (Å²) in [5.41, 5.74) is 3.31. The molecule has 2 atom stereocenters. The molecule has 0 aromatic heterocycles. The fourth-order valence-corrected chi connectivity index (χ4v) is 5.83. The fraction of sp³-hybridized carbons (Fsp3) is 0.515. The van der Waals surface area contributed by atoms with Crippen LogP contribution >= 0.6 is 0 Å². The van der Waals surface area contributed by atoms with Crippen LogP contribution in [0.1, 0.15) is 98.2 Å². The number of fused-ring (bicyclic) bond motifs is 1. The van der Waals surface area contributed by atoms with Crippen LogP contribution in [0, 0.1) is 5.41 Å². The smallest absolute Gasteiger partial charge is 0.344 e. The molecule has 2 aliphatic rings. The molecule has 1 fully saturated rings. The van der Waals surface area contributed by atoms with Crippen molar-refractivity contribution >= 4 is 29.2 Å². The van der Waals surface area contributed by atoms with E-state index in [1.54, 1.807) is 31.0 Å². The summed E-state index contributed by atoms with van der Waals surface area (Å²) in [5, 5.41) is 21.3. The summed E-state index contributed by atoms with van der Waals surface area (Å²) < 4.78 is 11.9. The number of aliphatic carboxylic acids is 1. The highest BCUT2D eigenvalue weighted by atomic mass is 16.5. The Morgan fingerprint density at radius 3 is 2.44 bits per heavy atom. The Morgan fingerprint density at radius 2 is 1.88 bits per heavy atom. The van der Waals surface area contributed by atoms with E-state index in [0.717, 1.165) is 36.2 Å². The summed E-state index contributed by atoms with van der Waals surface area (Å²) in [6.45, 7) is 13.3. The molecular weight excluding hydrogens is 548 g/mol. The van der Waals surface area contributed by atoms with Crippen LogP contribution in [-0.4, -0.2) is 72.4 Å². The molecule has 43 heavy (non-hydrogen) atoms. The molecule has 2 heterocycles. The van der Waals surface area contributed by atoms with Crippen molar-refractivity contribution in [2.75, 3.05) is 31.6 Å². The van der Waals surface area contributed by atoms with Gasteiger partial charge in [-0.25, -0.2) is 4.79 Å². The maximum absolute atomic E-state index is 13.9. The number of hydrogen-bond acceptors (Lipinski definition) is 7. The highest BCUT2D eigenvalue weighted by Crippen LogP contribution is 2.43. The van der Waals surface area contributed by atoms with Crippen LogP contribution in [0.3, 0.4) is 0 Å². The van der Waals surface area contributed by atoms with Crippen molar-refractivity contribution in [3.63, 3.8) is 0 Å². The van der Waals surface area contributed by atoms with Gasteiger partial charge in [0.25, 0.3) is 5.91 Å². The summed E-state index contributed by atoms with van der Waals surface area (Å²) in [5.74, 6) is -0.357. The van der Waals surface area contributed by atoms with E-state index in [4.69, 9.17) is 14.9 Å². The van der Waals surface area contributed by atoms with Crippen LogP contribution in [0.4, 0.5) is 5.69 Å². The zero-order chi connectivity index (χ0) is 31.6. The number of benzene rings is 2. The number of amidine groups is 1. The zero-order valence-corrected chi connectivity index (χ0v) is 26.3. The van der Waals surface area contributed by atoms with E-state index < -0.39 is 17.5 Å². The van der Waals surface area contributed by atoms with Crippen LogP contribution in [0.2, 0.25) is 0 Å². The number of ether oxygens (including phenoxy) is 2. The number of carboxylic acids is 1. The number of anilines is 1. The lowest BCUT2D eigenvalue weighted by atomic mass is 9.84. The molecular formula is C33H44N4O6. The van der Waals surface area contributed by atoms with E-state index in [1.165, 1.54) is 0 Å². The molecule has 10 nitrogen and oxygen atoms in total. The summed E-state index contributed by atoms with van der Waals surface area (Å²) in [7, 11) is 1.55. The first-order valence-electron chi connectivity index (χ1n) is 15.0. The lowest BCUT2D eigenvalue weighted by Crippen LogP contribution is -2.33. The number of hydrogen-bond donors (Lipinski definition) is 3. The zero-order valence-electron chi connectivity index (χ0n) is 26.3. The van der Waals surface area contributed by atoms with E-state index in [-0.39, 0.29) is 30.1 Å². The molecule has 232 valence electrons. The Labute approximate surface area is 253 Å². The van der Waals surface area contributed by atoms with E-state index >= 15 is 0 Å². The van der Waals surface area contributed by atoms with Gasteiger partial charge in [-0.2, -0.15) is 0 Å². The third kappa shape index (κ3) is 6.48. The van der Waals surface area contributed by atoms with Gasteiger partial charge in [-0.3, -0.25) is 15.0 Å². The van der Waals surface area contributed by atoms with Gasteiger partial charge in [-0.05, 0) is 68.4 Å². The van der Waals surface area contributed by atoms with Crippen LogP contribution in [0.25, 0.3) is 0 Å². The Hall–Kier alpha value is -4.08. The van der Waals surface area contributed by atoms with Crippen molar-refractivity contribution in [1.29, 1.82) is 5.41 Å². The number of nitrogens with one attached hydrogen (secondary N) is 2. The highest BCUT2D eigenvalue weighted by molar-refractivity contribution is 6.08. The monoisotopic (exact) mass is 592 g/mol. The standard InChI is InChI=1S/C33H44N4O6/c1-8-27(32(40)41)43-29-24(33(4,5)6)13-20(14-25(29)37-12-10-11-19(37)3)26(38)18-36-17-21-15-28(42-9-2)23(31(39)35-7)16-22(21)30(36)34/h13-16,19,27,34H,8-12,17-18H2,1-7H3,(H,35,39)(H,40,41). The molecule has 0 radical (unpaired) electrons. The third-order valence-corrected chi connectivity index (χ3v) is 8.21. The van der Waals surface area contributed by atoms with E-state index in [1.807, 2.05) is 39.8 Å². The molecule has 1 saturated heterocycles. The maximum Gasteiger partial charge on any atom is 0.344 e. The second kappa shape index (κ2) is 12.7. The molecule has 1 amide bonds. The van der Waals surface area contributed by atoms with Crippen molar-refractivity contribution in [1.82, 2.24) is 10.2 Å². The second-order valence-electron chi connectivity index (χ2n) is 12.3. The van der Waals surface area contributed by atoms with Gasteiger partial charge in [-0.1, -0.05) is 27.7 Å². The average Bonchev–Trinajstić information content (AvgIpc) is 3.51. The number of Topliss-reactive ketones (excluding diaryl/α,β-unsaturated/α-hetero) is 1. The van der Waals surface area contributed by atoms with Crippen molar-refractivity contribution in [2.45, 2.75) is 84.9 Å². The van der Waals surface area contributed by atoms with Gasteiger partial charge in [0.2, 0.25) is 0 Å². The number of amides is 1. The molecule has 2 aliphatic heterocycles. The van der Waals surface area contributed by atoms with Crippen LogP contribution in [-0.2, 0) is 16.8 Å². The average molecular weight is 593 g/mol.